The highest BCUT2D eigenvalue weighted by atomic mass is 32.2. The molecule has 1 N–H and O–H groups in total. The predicted molar refractivity (Wildman–Crippen MR) is 142 cm³/mol. The van der Waals surface area contributed by atoms with Crippen molar-refractivity contribution in [1.82, 2.24) is 4.90 Å². The van der Waals surface area contributed by atoms with Gasteiger partial charge in [-0.3, -0.25) is 9.79 Å². The number of carbonyl (C=O) groups excluding carboxylic acids is 2. The number of rotatable bonds is 18. The van der Waals surface area contributed by atoms with E-state index in [1.165, 1.54) is 0 Å². The van der Waals surface area contributed by atoms with Gasteiger partial charge in [0, 0.05) is 43.7 Å². The topological polar surface area (TPSA) is 79.2 Å². The van der Waals surface area contributed by atoms with E-state index in [0.717, 1.165) is 69.4 Å². The number of thioether (sulfide) groups is 1. The molecule has 1 rings (SSSR count). The first kappa shape index (κ1) is 30.5. The van der Waals surface area contributed by atoms with Gasteiger partial charge in [-0.05, 0) is 51.4 Å². The Hall–Kier alpha value is -1.52. The normalized spacial score (nSPS) is 17.2. The Morgan fingerprint density at radius 3 is 2.62 bits per heavy atom. The summed E-state index contributed by atoms with van der Waals surface area (Å²) in [7, 11) is 0. The summed E-state index contributed by atoms with van der Waals surface area (Å²) >= 11 is 1.64. The second-order valence-electron chi connectivity index (χ2n) is 9.36. The van der Waals surface area contributed by atoms with Crippen LogP contribution in [0.15, 0.2) is 4.99 Å². The summed E-state index contributed by atoms with van der Waals surface area (Å²) in [5.74, 6) is 3.73. The fourth-order valence-corrected chi connectivity index (χ4v) is 5.52. The minimum absolute atomic E-state index is 0.0965. The lowest BCUT2D eigenvalue weighted by molar-refractivity contribution is -0.143. The lowest BCUT2D eigenvalue weighted by Gasteiger charge is -2.37. The van der Waals surface area contributed by atoms with Crippen molar-refractivity contribution in [3.05, 3.63) is 0 Å². The van der Waals surface area contributed by atoms with Crippen molar-refractivity contribution >= 4 is 28.7 Å². The second kappa shape index (κ2) is 17.8. The van der Waals surface area contributed by atoms with Gasteiger partial charge < -0.3 is 14.7 Å². The average molecular weight is 495 g/mol. The van der Waals surface area contributed by atoms with Crippen molar-refractivity contribution in [2.24, 2.45) is 16.8 Å². The summed E-state index contributed by atoms with van der Waals surface area (Å²) in [4.78, 5) is 32.3. The maximum absolute atomic E-state index is 13.2. The minimum Gasteiger partial charge on any atom is -0.464 e. The fourth-order valence-electron chi connectivity index (χ4n) is 4.33. The number of unbranched alkanes of at least 4 members (excludes halogenated alkanes) is 4. The summed E-state index contributed by atoms with van der Waals surface area (Å²) in [6.45, 7) is 9.53. The van der Waals surface area contributed by atoms with Crippen LogP contribution in [0.2, 0.25) is 0 Å². The standard InChI is InChI=1S/C27H46N2O4S/c1-6-9-11-13-17-29(25(31)16-10-7-2)24(21(4)5)19-22(15-12-14-18-30)26-28-23(20-34-26)27(32)33-8-3/h1,21-24,30H,7-20H2,2-5H3. The fraction of sp³-hybridized carbons (Fsp3) is 0.815. The smallest absolute Gasteiger partial charge is 0.331 e. The third kappa shape index (κ3) is 10.8. The highest BCUT2D eigenvalue weighted by molar-refractivity contribution is 8.14. The molecule has 0 aromatic rings. The van der Waals surface area contributed by atoms with E-state index in [4.69, 9.17) is 16.2 Å². The number of aliphatic hydroxyl groups is 1. The van der Waals surface area contributed by atoms with Crippen LogP contribution in [0.25, 0.3) is 0 Å². The SMILES string of the molecule is C#CCCCCN(C(=O)CCCC)C(CC(CCCCO)C1=NC(C(=O)OCC)CS1)C(C)C. The van der Waals surface area contributed by atoms with E-state index in [1.54, 1.807) is 11.8 Å². The summed E-state index contributed by atoms with van der Waals surface area (Å²) in [5, 5.41) is 10.3. The number of carbonyl (C=O) groups is 2. The third-order valence-corrected chi connectivity index (χ3v) is 7.49. The molecule has 0 spiro atoms. The van der Waals surface area contributed by atoms with E-state index in [1.807, 2.05) is 6.92 Å². The molecule has 34 heavy (non-hydrogen) atoms. The first-order valence-electron chi connectivity index (χ1n) is 13.1. The molecule has 1 heterocycles. The lowest BCUT2D eigenvalue weighted by atomic mass is 9.88. The number of amides is 1. The number of hydrogen-bond donors (Lipinski definition) is 1. The Kier molecular flexibility index (Phi) is 16.0. The summed E-state index contributed by atoms with van der Waals surface area (Å²) in [6.07, 6.45) is 13.8. The highest BCUT2D eigenvalue weighted by Crippen LogP contribution is 2.33. The van der Waals surface area contributed by atoms with Gasteiger partial charge in [0.2, 0.25) is 5.91 Å². The Bertz CT molecular complexity index is 674. The van der Waals surface area contributed by atoms with Crippen molar-refractivity contribution in [3.8, 4) is 12.3 Å². The molecule has 1 aliphatic heterocycles. The lowest BCUT2D eigenvalue weighted by Crippen LogP contribution is -2.45. The molecule has 0 saturated carbocycles. The van der Waals surface area contributed by atoms with Crippen molar-refractivity contribution in [3.63, 3.8) is 0 Å². The van der Waals surface area contributed by atoms with E-state index in [9.17, 15) is 14.7 Å². The van der Waals surface area contributed by atoms with Crippen molar-refractivity contribution in [1.29, 1.82) is 0 Å². The zero-order valence-electron chi connectivity index (χ0n) is 21.8. The average Bonchev–Trinajstić information content (AvgIpc) is 3.31. The molecule has 194 valence electrons. The molecule has 3 atom stereocenters. The monoisotopic (exact) mass is 494 g/mol. The third-order valence-electron chi connectivity index (χ3n) is 6.27. The highest BCUT2D eigenvalue weighted by Gasteiger charge is 2.34. The number of ether oxygens (including phenoxy) is 1. The minimum atomic E-state index is -0.441. The molecule has 6 nitrogen and oxygen atoms in total. The zero-order chi connectivity index (χ0) is 25.3. The van der Waals surface area contributed by atoms with Crippen LogP contribution in [0, 0.1) is 24.2 Å². The van der Waals surface area contributed by atoms with Crippen LogP contribution < -0.4 is 0 Å². The molecule has 1 amide bonds. The van der Waals surface area contributed by atoms with E-state index in [2.05, 4.69) is 31.6 Å². The van der Waals surface area contributed by atoms with Crippen LogP contribution in [-0.2, 0) is 14.3 Å². The largest absolute Gasteiger partial charge is 0.464 e. The van der Waals surface area contributed by atoms with E-state index < -0.39 is 6.04 Å². The van der Waals surface area contributed by atoms with Gasteiger partial charge in [-0.25, -0.2) is 4.79 Å². The Morgan fingerprint density at radius 2 is 2.00 bits per heavy atom. The second-order valence-corrected chi connectivity index (χ2v) is 10.4. The number of hydrogen-bond acceptors (Lipinski definition) is 6. The first-order chi connectivity index (χ1) is 16.4. The molecule has 3 unspecified atom stereocenters. The van der Waals surface area contributed by atoms with Gasteiger partial charge in [-0.15, -0.1) is 24.1 Å². The number of aliphatic imine (C=N–C) groups is 1. The van der Waals surface area contributed by atoms with Crippen LogP contribution in [0.3, 0.4) is 0 Å². The van der Waals surface area contributed by atoms with Crippen molar-refractivity contribution < 1.29 is 19.4 Å². The molecule has 0 radical (unpaired) electrons. The maximum Gasteiger partial charge on any atom is 0.331 e. The molecule has 0 bridgehead atoms. The number of aliphatic hydroxyl groups excluding tert-OH is 1. The molecule has 1 aliphatic rings. The molecule has 0 aliphatic carbocycles. The van der Waals surface area contributed by atoms with Crippen LogP contribution in [0.1, 0.15) is 91.9 Å². The molecular formula is C27H46N2O4S. The number of esters is 1. The van der Waals surface area contributed by atoms with Gasteiger partial charge in [0.25, 0.3) is 0 Å². The quantitative estimate of drug-likeness (QED) is 0.163. The van der Waals surface area contributed by atoms with Gasteiger partial charge in [0.1, 0.15) is 0 Å². The molecule has 0 aromatic carbocycles. The Balaban J connectivity index is 3.09. The summed E-state index contributed by atoms with van der Waals surface area (Å²) in [5.41, 5.74) is 0. The predicted octanol–water partition coefficient (Wildman–Crippen LogP) is 5.08. The maximum atomic E-state index is 13.2. The van der Waals surface area contributed by atoms with Gasteiger partial charge in [0.05, 0.1) is 11.7 Å². The number of terminal acetylenes is 1. The Labute approximate surface area is 211 Å². The van der Waals surface area contributed by atoms with E-state index >= 15 is 0 Å². The van der Waals surface area contributed by atoms with Gasteiger partial charge >= 0.3 is 5.97 Å². The van der Waals surface area contributed by atoms with Crippen LogP contribution in [-0.4, -0.2) is 64.5 Å². The summed E-state index contributed by atoms with van der Waals surface area (Å²) < 4.78 is 5.18. The van der Waals surface area contributed by atoms with Gasteiger partial charge in [-0.2, -0.15) is 0 Å². The molecular weight excluding hydrogens is 448 g/mol. The van der Waals surface area contributed by atoms with Crippen LogP contribution >= 0.6 is 11.8 Å². The van der Waals surface area contributed by atoms with Crippen LogP contribution in [0.5, 0.6) is 0 Å². The van der Waals surface area contributed by atoms with E-state index in [0.29, 0.717) is 24.7 Å². The Morgan fingerprint density at radius 1 is 1.24 bits per heavy atom. The van der Waals surface area contributed by atoms with Crippen LogP contribution in [0.4, 0.5) is 0 Å². The first-order valence-corrected chi connectivity index (χ1v) is 14.1. The molecule has 0 fully saturated rings. The zero-order valence-corrected chi connectivity index (χ0v) is 22.6. The van der Waals surface area contributed by atoms with Gasteiger partial charge in [0.15, 0.2) is 6.04 Å². The van der Waals surface area contributed by atoms with Crippen molar-refractivity contribution in [2.75, 3.05) is 25.5 Å². The van der Waals surface area contributed by atoms with Gasteiger partial charge in [-0.1, -0.05) is 33.6 Å². The summed E-state index contributed by atoms with van der Waals surface area (Å²) in [6, 6.07) is -0.344. The van der Waals surface area contributed by atoms with Crippen molar-refractivity contribution in [2.45, 2.75) is 104 Å². The molecule has 0 saturated heterocycles. The number of nitrogens with zero attached hydrogens (tertiary/aromatic N) is 2. The molecule has 0 aromatic heterocycles. The molecule has 7 heteroatoms. The van der Waals surface area contributed by atoms with E-state index in [-0.39, 0.29) is 30.4 Å².